The van der Waals surface area contributed by atoms with Crippen LogP contribution in [-0.4, -0.2) is 62.0 Å². The maximum absolute atomic E-state index is 10.9. The van der Waals surface area contributed by atoms with Gasteiger partial charge in [0.05, 0.1) is 12.7 Å². The fourth-order valence-electron chi connectivity index (χ4n) is 2.09. The number of hydrogen-bond donors (Lipinski definition) is 1. The fourth-order valence-corrected chi connectivity index (χ4v) is 2.09. The highest BCUT2D eigenvalue weighted by Crippen LogP contribution is 2.21. The molecule has 1 saturated heterocycles. The number of carbonyl (C=O) groups excluding carboxylic acids is 1. The largest absolute Gasteiger partial charge is 0.469 e. The molecule has 0 amide bonds. The summed E-state index contributed by atoms with van der Waals surface area (Å²) in [5.74, 6) is -0.178. The van der Waals surface area contributed by atoms with Crippen molar-refractivity contribution in [3.63, 3.8) is 0 Å². The third-order valence-electron chi connectivity index (χ3n) is 3.14. The predicted molar refractivity (Wildman–Crippen MR) is 63.7 cm³/mol. The van der Waals surface area contributed by atoms with Gasteiger partial charge in [0, 0.05) is 39.0 Å². The average molecular weight is 245 g/mol. The van der Waals surface area contributed by atoms with Crippen molar-refractivity contribution in [2.75, 3.05) is 40.5 Å². The van der Waals surface area contributed by atoms with E-state index in [1.165, 1.54) is 7.11 Å². The van der Waals surface area contributed by atoms with Gasteiger partial charge < -0.3 is 19.5 Å². The molecule has 0 atom stereocenters. The molecule has 1 N–H and O–H groups in total. The lowest BCUT2D eigenvalue weighted by molar-refractivity contribution is -0.140. The molecule has 0 bridgehead atoms. The molecule has 17 heavy (non-hydrogen) atoms. The minimum Gasteiger partial charge on any atom is -0.469 e. The smallest absolute Gasteiger partial charge is 0.305 e. The van der Waals surface area contributed by atoms with Crippen LogP contribution in [0.15, 0.2) is 0 Å². The van der Waals surface area contributed by atoms with Crippen molar-refractivity contribution < 1.29 is 19.4 Å². The fraction of sp³-hybridized carbons (Fsp3) is 0.917. The number of hydrogen-bond acceptors (Lipinski definition) is 5. The van der Waals surface area contributed by atoms with Crippen LogP contribution in [0.25, 0.3) is 0 Å². The highest BCUT2D eigenvalue weighted by atomic mass is 16.5. The van der Waals surface area contributed by atoms with E-state index in [2.05, 4.69) is 9.64 Å². The first-order valence-electron chi connectivity index (χ1n) is 6.11. The Bertz CT molecular complexity index is 239. The van der Waals surface area contributed by atoms with E-state index in [-0.39, 0.29) is 5.97 Å². The molecule has 0 aromatic rings. The van der Waals surface area contributed by atoms with Crippen LogP contribution in [0.3, 0.4) is 0 Å². The first-order valence-corrected chi connectivity index (χ1v) is 6.11. The van der Waals surface area contributed by atoms with E-state index >= 15 is 0 Å². The molecule has 0 aliphatic carbocycles. The highest BCUT2D eigenvalue weighted by molar-refractivity contribution is 5.69. The van der Waals surface area contributed by atoms with Gasteiger partial charge in [0.2, 0.25) is 0 Å². The van der Waals surface area contributed by atoms with Gasteiger partial charge in [0.25, 0.3) is 0 Å². The molecule has 1 aliphatic heterocycles. The number of aliphatic hydroxyl groups is 1. The Balaban J connectivity index is 2.19. The van der Waals surface area contributed by atoms with Gasteiger partial charge in [0.15, 0.2) is 0 Å². The Labute approximate surface area is 103 Å². The Morgan fingerprint density at radius 2 is 2.12 bits per heavy atom. The number of likely N-dealkylation sites (N-methyl/N-ethyl adjacent to an activating group) is 1. The van der Waals surface area contributed by atoms with Crippen LogP contribution in [0, 0.1) is 0 Å². The molecular formula is C12H23NO4. The summed E-state index contributed by atoms with van der Waals surface area (Å²) in [5.41, 5.74) is -0.627. The van der Waals surface area contributed by atoms with E-state index in [1.54, 1.807) is 0 Å². The Hall–Kier alpha value is -0.650. The summed E-state index contributed by atoms with van der Waals surface area (Å²) in [6, 6.07) is 0. The number of methoxy groups -OCH3 is 1. The molecule has 0 saturated carbocycles. The van der Waals surface area contributed by atoms with Crippen molar-refractivity contribution in [3.8, 4) is 0 Å². The number of nitrogens with zero attached hydrogens (tertiary/aromatic N) is 1. The van der Waals surface area contributed by atoms with Crippen LogP contribution in [0.2, 0.25) is 0 Å². The lowest BCUT2D eigenvalue weighted by atomic mass is 9.94. The molecule has 0 aromatic heterocycles. The minimum atomic E-state index is -0.627. The molecule has 100 valence electrons. The van der Waals surface area contributed by atoms with Gasteiger partial charge in [-0.1, -0.05) is 0 Å². The quantitative estimate of drug-likeness (QED) is 0.687. The molecule has 0 radical (unpaired) electrons. The summed E-state index contributed by atoms with van der Waals surface area (Å²) in [7, 11) is 3.36. The van der Waals surface area contributed by atoms with E-state index in [9.17, 15) is 9.90 Å². The second-order valence-electron chi connectivity index (χ2n) is 4.75. The molecule has 5 nitrogen and oxygen atoms in total. The zero-order chi connectivity index (χ0) is 12.7. The summed E-state index contributed by atoms with van der Waals surface area (Å²) in [6.45, 7) is 2.69. The van der Waals surface area contributed by atoms with Gasteiger partial charge in [-0.2, -0.15) is 0 Å². The third kappa shape index (κ3) is 5.48. The van der Waals surface area contributed by atoms with Crippen LogP contribution in [0.5, 0.6) is 0 Å². The predicted octanol–water partition coefficient (Wildman–Crippen LogP) is 0.413. The second-order valence-corrected chi connectivity index (χ2v) is 4.75. The van der Waals surface area contributed by atoms with Crippen LogP contribution >= 0.6 is 0 Å². The number of ether oxygens (including phenoxy) is 2. The first-order chi connectivity index (χ1) is 8.06. The average Bonchev–Trinajstić information content (AvgIpc) is 2.29. The number of rotatable bonds is 6. The van der Waals surface area contributed by atoms with E-state index in [4.69, 9.17) is 4.74 Å². The lowest BCUT2D eigenvalue weighted by Gasteiger charge is -2.35. The summed E-state index contributed by atoms with van der Waals surface area (Å²) in [4.78, 5) is 13.0. The van der Waals surface area contributed by atoms with Crippen LogP contribution in [0.1, 0.15) is 25.7 Å². The van der Waals surface area contributed by atoms with E-state index in [1.807, 2.05) is 7.05 Å². The normalized spacial score (nSPS) is 19.3. The van der Waals surface area contributed by atoms with Crippen LogP contribution < -0.4 is 0 Å². The van der Waals surface area contributed by atoms with Crippen molar-refractivity contribution in [1.29, 1.82) is 0 Å². The van der Waals surface area contributed by atoms with Crippen molar-refractivity contribution in [2.45, 2.75) is 31.3 Å². The number of esters is 1. The Morgan fingerprint density at radius 3 is 2.71 bits per heavy atom. The standard InChI is InChI=1S/C12H23NO4/c1-13(7-3-4-11(14)16-2)10-12(15)5-8-17-9-6-12/h15H,3-10H2,1-2H3. The summed E-state index contributed by atoms with van der Waals surface area (Å²) < 4.78 is 9.81. The van der Waals surface area contributed by atoms with Crippen LogP contribution in [-0.2, 0) is 14.3 Å². The second kappa shape index (κ2) is 6.93. The molecule has 1 fully saturated rings. The van der Waals surface area contributed by atoms with Gasteiger partial charge in [-0.3, -0.25) is 4.79 Å². The van der Waals surface area contributed by atoms with Crippen LogP contribution in [0.4, 0.5) is 0 Å². The van der Waals surface area contributed by atoms with Gasteiger partial charge in [-0.15, -0.1) is 0 Å². The van der Waals surface area contributed by atoms with Crippen molar-refractivity contribution in [1.82, 2.24) is 4.90 Å². The molecule has 0 spiro atoms. The summed E-state index contributed by atoms with van der Waals surface area (Å²) in [6.07, 6.45) is 2.57. The topological polar surface area (TPSA) is 59.0 Å². The number of carbonyl (C=O) groups is 1. The van der Waals surface area contributed by atoms with E-state index in [0.717, 1.165) is 13.0 Å². The van der Waals surface area contributed by atoms with Gasteiger partial charge in [-0.25, -0.2) is 0 Å². The van der Waals surface area contributed by atoms with Gasteiger partial charge in [0.1, 0.15) is 0 Å². The zero-order valence-electron chi connectivity index (χ0n) is 10.8. The minimum absolute atomic E-state index is 0.178. The molecule has 1 rings (SSSR count). The zero-order valence-corrected chi connectivity index (χ0v) is 10.8. The van der Waals surface area contributed by atoms with Gasteiger partial charge >= 0.3 is 5.97 Å². The Kier molecular flexibility index (Phi) is 5.88. The molecule has 0 aromatic carbocycles. The van der Waals surface area contributed by atoms with Crippen molar-refractivity contribution in [2.24, 2.45) is 0 Å². The van der Waals surface area contributed by atoms with E-state index < -0.39 is 5.60 Å². The SMILES string of the molecule is COC(=O)CCCN(C)CC1(O)CCOCC1. The highest BCUT2D eigenvalue weighted by Gasteiger charge is 2.30. The third-order valence-corrected chi connectivity index (χ3v) is 3.14. The molecule has 1 aliphatic rings. The molecule has 5 heteroatoms. The Morgan fingerprint density at radius 1 is 1.47 bits per heavy atom. The van der Waals surface area contributed by atoms with Crippen molar-refractivity contribution >= 4 is 5.97 Å². The molecular weight excluding hydrogens is 222 g/mol. The van der Waals surface area contributed by atoms with Gasteiger partial charge in [-0.05, 0) is 20.0 Å². The first kappa shape index (κ1) is 14.4. The molecule has 1 heterocycles. The van der Waals surface area contributed by atoms with Crippen molar-refractivity contribution in [3.05, 3.63) is 0 Å². The maximum atomic E-state index is 10.9. The van der Waals surface area contributed by atoms with E-state index in [0.29, 0.717) is 39.0 Å². The summed E-state index contributed by atoms with van der Waals surface area (Å²) in [5, 5.41) is 10.3. The summed E-state index contributed by atoms with van der Waals surface area (Å²) >= 11 is 0. The monoisotopic (exact) mass is 245 g/mol. The maximum Gasteiger partial charge on any atom is 0.305 e. The molecule has 0 unspecified atom stereocenters. The lowest BCUT2D eigenvalue weighted by Crippen LogP contribution is -2.45.